The highest BCUT2D eigenvalue weighted by Crippen LogP contribution is 2.22. The number of nitrogens with zero attached hydrogens (tertiary/aromatic N) is 1. The van der Waals surface area contributed by atoms with E-state index in [1.165, 1.54) is 0 Å². The van der Waals surface area contributed by atoms with E-state index >= 15 is 0 Å². The lowest BCUT2D eigenvalue weighted by Crippen LogP contribution is -2.24. The number of rotatable bonds is 9. The van der Waals surface area contributed by atoms with E-state index in [2.05, 4.69) is 10.3 Å². The normalized spacial score (nSPS) is 10.7. The number of pyridine rings is 1. The predicted molar refractivity (Wildman–Crippen MR) is 94.4 cm³/mol. The van der Waals surface area contributed by atoms with Gasteiger partial charge in [-0.15, -0.1) is 0 Å². The van der Waals surface area contributed by atoms with Crippen LogP contribution < -0.4 is 5.32 Å². The zero-order chi connectivity index (χ0) is 17.4. The fraction of sp³-hybridized carbons (Fsp3) is 0.389. The molecule has 24 heavy (non-hydrogen) atoms. The summed E-state index contributed by atoms with van der Waals surface area (Å²) in [4.78, 5) is 27.0. The van der Waals surface area contributed by atoms with Gasteiger partial charge in [0.15, 0.2) is 0 Å². The molecule has 0 radical (unpaired) electrons. The van der Waals surface area contributed by atoms with Gasteiger partial charge in [-0.25, -0.2) is 0 Å². The first-order valence-electron chi connectivity index (χ1n) is 8.12. The second-order valence-corrected chi connectivity index (χ2v) is 6.13. The quantitative estimate of drug-likeness (QED) is 0.670. The van der Waals surface area contributed by atoms with Gasteiger partial charge in [-0.1, -0.05) is 36.9 Å². The topological polar surface area (TPSA) is 79.3 Å². The minimum atomic E-state index is -0.746. The first-order valence-corrected chi connectivity index (χ1v) is 8.50. The first-order chi connectivity index (χ1) is 11.6. The number of unbranched alkanes of at least 4 members (excludes halogenated alkanes) is 4. The zero-order valence-corrected chi connectivity index (χ0v) is 14.2. The van der Waals surface area contributed by atoms with E-state index in [9.17, 15) is 9.59 Å². The molecule has 1 amide bonds. The number of halogens is 1. The van der Waals surface area contributed by atoms with E-state index in [1.54, 1.807) is 18.3 Å². The van der Waals surface area contributed by atoms with E-state index in [4.69, 9.17) is 16.7 Å². The molecule has 1 aromatic heterocycles. The highest BCUT2D eigenvalue weighted by Gasteiger charge is 2.12. The highest BCUT2D eigenvalue weighted by molar-refractivity contribution is 6.32. The van der Waals surface area contributed by atoms with Gasteiger partial charge >= 0.3 is 5.97 Å². The third-order valence-corrected chi connectivity index (χ3v) is 3.99. The number of carboxylic acid groups (broad SMARTS) is 1. The second kappa shape index (κ2) is 9.23. The molecule has 5 nitrogen and oxygen atoms in total. The summed E-state index contributed by atoms with van der Waals surface area (Å²) in [7, 11) is 0. The molecule has 0 aliphatic carbocycles. The molecule has 128 valence electrons. The Hall–Kier alpha value is -2.14. The summed E-state index contributed by atoms with van der Waals surface area (Å²) in [6.45, 7) is 0.582. The Balaban J connectivity index is 1.78. The van der Waals surface area contributed by atoms with E-state index in [0.29, 0.717) is 29.1 Å². The molecule has 0 bridgehead atoms. The van der Waals surface area contributed by atoms with Crippen LogP contribution in [0.25, 0.3) is 10.9 Å². The fourth-order valence-corrected chi connectivity index (χ4v) is 2.78. The van der Waals surface area contributed by atoms with Crippen LogP contribution in [0.15, 0.2) is 30.5 Å². The molecule has 2 N–H and O–H groups in total. The third kappa shape index (κ3) is 5.49. The van der Waals surface area contributed by atoms with Crippen molar-refractivity contribution < 1.29 is 14.7 Å². The summed E-state index contributed by atoms with van der Waals surface area (Å²) in [6.07, 6.45) is 6.31. The van der Waals surface area contributed by atoms with Gasteiger partial charge in [0.25, 0.3) is 5.91 Å². The average molecular weight is 349 g/mol. The number of carbonyl (C=O) groups is 2. The molecular formula is C18H21ClN2O3. The Morgan fingerprint density at radius 3 is 2.67 bits per heavy atom. The van der Waals surface area contributed by atoms with Crippen molar-refractivity contribution in [2.24, 2.45) is 0 Å². The Morgan fingerprint density at radius 2 is 1.88 bits per heavy atom. The van der Waals surface area contributed by atoms with Crippen LogP contribution in [0.3, 0.4) is 0 Å². The third-order valence-electron chi connectivity index (χ3n) is 3.77. The Morgan fingerprint density at radius 1 is 1.12 bits per heavy atom. The van der Waals surface area contributed by atoms with Crippen molar-refractivity contribution in [3.8, 4) is 0 Å². The highest BCUT2D eigenvalue weighted by atomic mass is 35.5. The van der Waals surface area contributed by atoms with Crippen molar-refractivity contribution in [1.29, 1.82) is 0 Å². The lowest BCUT2D eigenvalue weighted by Gasteiger charge is -2.08. The number of fused-ring (bicyclic) bond motifs is 1. The molecule has 0 saturated carbocycles. The first kappa shape index (κ1) is 18.2. The van der Waals surface area contributed by atoms with Crippen LogP contribution >= 0.6 is 11.6 Å². The maximum absolute atomic E-state index is 12.3. The molecule has 0 spiro atoms. The van der Waals surface area contributed by atoms with Gasteiger partial charge in [0, 0.05) is 29.6 Å². The number of amides is 1. The SMILES string of the molecule is O=C(O)CCCCCCCNC(=O)c1cc(Cl)cc2cccnc12. The summed E-state index contributed by atoms with van der Waals surface area (Å²) in [5, 5.41) is 12.8. The number of carbonyl (C=O) groups excluding carboxylic acids is 1. The molecule has 2 rings (SSSR count). The predicted octanol–water partition coefficient (Wildman–Crippen LogP) is 4.04. The van der Waals surface area contributed by atoms with Gasteiger partial charge in [0.1, 0.15) is 0 Å². The number of benzene rings is 1. The molecule has 1 heterocycles. The summed E-state index contributed by atoms with van der Waals surface area (Å²) < 4.78 is 0. The van der Waals surface area contributed by atoms with E-state index in [-0.39, 0.29) is 12.3 Å². The van der Waals surface area contributed by atoms with Crippen LogP contribution in [-0.2, 0) is 4.79 Å². The Labute approximate surface area is 146 Å². The molecule has 2 aromatic rings. The van der Waals surface area contributed by atoms with Crippen LogP contribution in [0.1, 0.15) is 48.9 Å². The number of aromatic nitrogens is 1. The monoisotopic (exact) mass is 348 g/mol. The standard InChI is InChI=1S/C18H21ClN2O3/c19-14-11-13-7-6-10-20-17(13)15(12-14)18(24)21-9-5-3-1-2-4-8-16(22)23/h6-7,10-12H,1-5,8-9H2,(H,21,24)(H,22,23). The smallest absolute Gasteiger partial charge is 0.303 e. The average Bonchev–Trinajstić information content (AvgIpc) is 2.56. The van der Waals surface area contributed by atoms with Crippen molar-refractivity contribution in [1.82, 2.24) is 10.3 Å². The van der Waals surface area contributed by atoms with Crippen LogP contribution in [0.4, 0.5) is 0 Å². The minimum absolute atomic E-state index is 0.174. The number of carboxylic acids is 1. The lowest BCUT2D eigenvalue weighted by molar-refractivity contribution is -0.137. The Bertz CT molecular complexity index is 718. The van der Waals surface area contributed by atoms with Gasteiger partial charge in [-0.3, -0.25) is 14.6 Å². The second-order valence-electron chi connectivity index (χ2n) is 5.70. The zero-order valence-electron chi connectivity index (χ0n) is 13.4. The largest absolute Gasteiger partial charge is 0.481 e. The minimum Gasteiger partial charge on any atom is -0.481 e. The van der Waals surface area contributed by atoms with Crippen LogP contribution in [0.5, 0.6) is 0 Å². The van der Waals surface area contributed by atoms with Gasteiger partial charge in [-0.05, 0) is 31.0 Å². The molecule has 0 fully saturated rings. The molecular weight excluding hydrogens is 328 g/mol. The fourth-order valence-electron chi connectivity index (χ4n) is 2.56. The summed E-state index contributed by atoms with van der Waals surface area (Å²) in [6, 6.07) is 7.11. The maximum atomic E-state index is 12.3. The molecule has 0 aliphatic rings. The van der Waals surface area contributed by atoms with Crippen molar-refractivity contribution in [2.45, 2.75) is 38.5 Å². The lowest BCUT2D eigenvalue weighted by atomic mass is 10.1. The van der Waals surface area contributed by atoms with Gasteiger partial charge in [0.2, 0.25) is 0 Å². The van der Waals surface area contributed by atoms with Crippen molar-refractivity contribution in [3.63, 3.8) is 0 Å². The van der Waals surface area contributed by atoms with E-state index < -0.39 is 5.97 Å². The number of aliphatic carboxylic acids is 1. The maximum Gasteiger partial charge on any atom is 0.303 e. The number of hydrogen-bond donors (Lipinski definition) is 2. The Kier molecular flexibility index (Phi) is 7.00. The molecule has 6 heteroatoms. The molecule has 1 aromatic carbocycles. The number of hydrogen-bond acceptors (Lipinski definition) is 3. The van der Waals surface area contributed by atoms with Crippen molar-refractivity contribution in [2.75, 3.05) is 6.54 Å². The summed E-state index contributed by atoms with van der Waals surface area (Å²) >= 11 is 6.07. The summed E-state index contributed by atoms with van der Waals surface area (Å²) in [5.41, 5.74) is 1.13. The van der Waals surface area contributed by atoms with Gasteiger partial charge < -0.3 is 10.4 Å². The van der Waals surface area contributed by atoms with Crippen LogP contribution in [0.2, 0.25) is 5.02 Å². The summed E-state index contributed by atoms with van der Waals surface area (Å²) in [5.74, 6) is -0.920. The molecule has 0 atom stereocenters. The van der Waals surface area contributed by atoms with Gasteiger partial charge in [-0.2, -0.15) is 0 Å². The van der Waals surface area contributed by atoms with Crippen molar-refractivity contribution >= 4 is 34.4 Å². The molecule has 0 unspecified atom stereocenters. The van der Waals surface area contributed by atoms with E-state index in [1.807, 2.05) is 12.1 Å². The number of nitrogens with one attached hydrogen (secondary N) is 1. The van der Waals surface area contributed by atoms with Crippen molar-refractivity contribution in [3.05, 3.63) is 41.0 Å². The van der Waals surface area contributed by atoms with Crippen LogP contribution in [0, 0.1) is 0 Å². The van der Waals surface area contributed by atoms with E-state index in [0.717, 1.165) is 31.1 Å². The van der Waals surface area contributed by atoms with Gasteiger partial charge in [0.05, 0.1) is 11.1 Å². The van der Waals surface area contributed by atoms with Crippen LogP contribution in [-0.4, -0.2) is 28.5 Å². The molecule has 0 aliphatic heterocycles. The molecule has 0 saturated heterocycles.